The van der Waals surface area contributed by atoms with Crippen molar-refractivity contribution in [2.24, 2.45) is 40.9 Å². The van der Waals surface area contributed by atoms with Gasteiger partial charge in [0.2, 0.25) is 0 Å². The molecule has 0 bridgehead atoms. The van der Waals surface area contributed by atoms with Gasteiger partial charge >= 0.3 is 0 Å². The van der Waals surface area contributed by atoms with Gasteiger partial charge in [-0.25, -0.2) is 0 Å². The first-order valence-electron chi connectivity index (χ1n) is 14.3. The molecule has 188 valence electrons. The Labute approximate surface area is 203 Å². The number of nitrogens with one attached hydrogen (secondary N) is 1. The van der Waals surface area contributed by atoms with E-state index in [0.29, 0.717) is 17.3 Å². The van der Waals surface area contributed by atoms with E-state index in [1.807, 2.05) is 0 Å². The molecule has 0 heterocycles. The molecule has 0 saturated heterocycles. The van der Waals surface area contributed by atoms with Gasteiger partial charge < -0.3 is 5.32 Å². The van der Waals surface area contributed by atoms with Crippen LogP contribution in [0.4, 0.5) is 0 Å². The van der Waals surface area contributed by atoms with Crippen molar-refractivity contribution in [2.75, 3.05) is 6.54 Å². The van der Waals surface area contributed by atoms with E-state index in [9.17, 15) is 0 Å². The van der Waals surface area contributed by atoms with Gasteiger partial charge in [0.25, 0.3) is 0 Å². The van der Waals surface area contributed by atoms with Gasteiger partial charge in [-0.15, -0.1) is 5.92 Å². The zero-order valence-electron chi connectivity index (χ0n) is 23.7. The molecule has 6 atom stereocenters. The molecule has 6 unspecified atom stereocenters. The van der Waals surface area contributed by atoms with E-state index in [0.717, 1.165) is 36.6 Å². The highest BCUT2D eigenvalue weighted by Gasteiger charge is 2.36. The van der Waals surface area contributed by atoms with Crippen molar-refractivity contribution in [3.63, 3.8) is 0 Å². The third-order valence-corrected chi connectivity index (χ3v) is 9.41. The first-order chi connectivity index (χ1) is 15.0. The van der Waals surface area contributed by atoms with Gasteiger partial charge in [0.15, 0.2) is 0 Å². The lowest BCUT2D eigenvalue weighted by Crippen LogP contribution is -2.53. The average molecular weight is 446 g/mol. The van der Waals surface area contributed by atoms with Crippen LogP contribution in [0.5, 0.6) is 0 Å². The maximum Gasteiger partial charge on any atom is 0.0231 e. The molecule has 32 heavy (non-hydrogen) atoms. The monoisotopic (exact) mass is 445 g/mol. The lowest BCUT2D eigenvalue weighted by Gasteiger charge is -2.44. The minimum absolute atomic E-state index is 0.191. The molecule has 1 nitrogen and oxygen atoms in total. The Morgan fingerprint density at radius 2 is 1.59 bits per heavy atom. The Morgan fingerprint density at radius 1 is 0.938 bits per heavy atom. The molecule has 1 rings (SSSR count). The third kappa shape index (κ3) is 8.70. The third-order valence-electron chi connectivity index (χ3n) is 9.41. The second kappa shape index (κ2) is 14.0. The Balaban J connectivity index is 2.93. The summed E-state index contributed by atoms with van der Waals surface area (Å²) < 4.78 is 0. The fraction of sp³-hybridized carbons (Fsp3) is 0.935. The summed E-state index contributed by atoms with van der Waals surface area (Å²) in [5.74, 6) is 12.0. The normalized spacial score (nSPS) is 25.0. The molecule has 1 saturated carbocycles. The first-order valence-corrected chi connectivity index (χ1v) is 14.3. The average Bonchev–Trinajstić information content (AvgIpc) is 2.76. The van der Waals surface area contributed by atoms with E-state index in [1.54, 1.807) is 0 Å². The van der Waals surface area contributed by atoms with Gasteiger partial charge in [-0.1, -0.05) is 87.5 Å². The second-order valence-electron chi connectivity index (χ2n) is 12.4. The van der Waals surface area contributed by atoms with Crippen LogP contribution < -0.4 is 5.32 Å². The van der Waals surface area contributed by atoms with E-state index in [-0.39, 0.29) is 5.54 Å². The van der Waals surface area contributed by atoms with Crippen LogP contribution in [0.25, 0.3) is 0 Å². The molecule has 0 amide bonds. The molecule has 1 aliphatic carbocycles. The van der Waals surface area contributed by atoms with E-state index >= 15 is 0 Å². The topological polar surface area (TPSA) is 12.0 Å². The SMILES string of the molecule is CCCC(CC)(CC#CC1CCCCC1CC(C)C)CNC(C)(CC)C(C)C(C)C(C)C. The number of hydrogen-bond donors (Lipinski definition) is 1. The molecular formula is C31H59N. The van der Waals surface area contributed by atoms with Crippen molar-refractivity contribution < 1.29 is 0 Å². The van der Waals surface area contributed by atoms with Crippen molar-refractivity contribution in [3.05, 3.63) is 0 Å². The fourth-order valence-corrected chi connectivity index (χ4v) is 6.01. The van der Waals surface area contributed by atoms with Gasteiger partial charge in [-0.3, -0.25) is 0 Å². The molecule has 0 aliphatic heterocycles. The molecule has 1 heteroatoms. The second-order valence-corrected chi connectivity index (χ2v) is 12.4. The Kier molecular flexibility index (Phi) is 13.0. The quantitative estimate of drug-likeness (QED) is 0.279. The van der Waals surface area contributed by atoms with Crippen LogP contribution >= 0.6 is 0 Å². The largest absolute Gasteiger partial charge is 0.311 e. The lowest BCUT2D eigenvalue weighted by atomic mass is 9.71. The van der Waals surface area contributed by atoms with Gasteiger partial charge in [-0.05, 0) is 80.5 Å². The van der Waals surface area contributed by atoms with E-state index in [2.05, 4.69) is 86.4 Å². The Hall–Kier alpha value is -0.480. The van der Waals surface area contributed by atoms with Crippen molar-refractivity contribution in [3.8, 4) is 11.8 Å². The molecule has 0 spiro atoms. The van der Waals surface area contributed by atoms with E-state index < -0.39 is 0 Å². The fourth-order valence-electron chi connectivity index (χ4n) is 6.01. The molecule has 0 aromatic rings. The molecule has 1 fully saturated rings. The van der Waals surface area contributed by atoms with Crippen molar-refractivity contribution >= 4 is 0 Å². The highest BCUT2D eigenvalue weighted by Crippen LogP contribution is 2.37. The lowest BCUT2D eigenvalue weighted by molar-refractivity contribution is 0.120. The molecular weight excluding hydrogens is 386 g/mol. The predicted molar refractivity (Wildman–Crippen MR) is 145 cm³/mol. The molecule has 0 aromatic carbocycles. The molecule has 1 N–H and O–H groups in total. The summed E-state index contributed by atoms with van der Waals surface area (Å²) in [6.45, 7) is 25.1. The van der Waals surface area contributed by atoms with Crippen LogP contribution in [0, 0.1) is 52.8 Å². The van der Waals surface area contributed by atoms with Crippen LogP contribution in [0.1, 0.15) is 133 Å². The highest BCUT2D eigenvalue weighted by atomic mass is 15.0. The zero-order valence-corrected chi connectivity index (χ0v) is 23.7. The van der Waals surface area contributed by atoms with E-state index in [4.69, 9.17) is 0 Å². The highest BCUT2D eigenvalue weighted by molar-refractivity contribution is 5.09. The van der Waals surface area contributed by atoms with Gasteiger partial charge in [-0.2, -0.15) is 0 Å². The maximum atomic E-state index is 4.11. The Morgan fingerprint density at radius 3 is 2.12 bits per heavy atom. The van der Waals surface area contributed by atoms with Crippen LogP contribution in [-0.2, 0) is 0 Å². The van der Waals surface area contributed by atoms with Gasteiger partial charge in [0.1, 0.15) is 0 Å². The minimum Gasteiger partial charge on any atom is -0.311 e. The zero-order chi connectivity index (χ0) is 24.4. The van der Waals surface area contributed by atoms with E-state index in [1.165, 1.54) is 57.8 Å². The van der Waals surface area contributed by atoms with Gasteiger partial charge in [0.05, 0.1) is 0 Å². The van der Waals surface area contributed by atoms with Crippen LogP contribution in [0.3, 0.4) is 0 Å². The maximum absolute atomic E-state index is 4.11. The first kappa shape index (κ1) is 29.6. The molecule has 1 aliphatic rings. The summed E-state index contributed by atoms with van der Waals surface area (Å²) in [5.41, 5.74) is 0.498. The standard InChI is InChI=1S/C31H59N/c1-11-20-31(13-3,23-32-30(10,12-2)27(9)26(8)25(6)7)21-16-19-28-17-14-15-18-29(28)22-24(4)5/h24-29,32H,11-15,17-18,20-23H2,1-10H3. The molecule has 0 radical (unpaired) electrons. The summed E-state index contributed by atoms with van der Waals surface area (Å²) in [6, 6.07) is 0. The van der Waals surface area contributed by atoms with Crippen LogP contribution in [0.2, 0.25) is 0 Å². The van der Waals surface area contributed by atoms with Crippen LogP contribution in [0.15, 0.2) is 0 Å². The van der Waals surface area contributed by atoms with Crippen molar-refractivity contribution in [1.82, 2.24) is 5.32 Å². The summed E-state index contributed by atoms with van der Waals surface area (Å²) >= 11 is 0. The summed E-state index contributed by atoms with van der Waals surface area (Å²) in [5, 5.41) is 4.11. The number of rotatable bonds is 13. The molecule has 0 aromatic heterocycles. The summed E-state index contributed by atoms with van der Waals surface area (Å²) in [4.78, 5) is 0. The van der Waals surface area contributed by atoms with Crippen molar-refractivity contribution in [2.45, 2.75) is 139 Å². The van der Waals surface area contributed by atoms with Gasteiger partial charge in [0, 0.05) is 24.4 Å². The van der Waals surface area contributed by atoms with Crippen molar-refractivity contribution in [1.29, 1.82) is 0 Å². The smallest absolute Gasteiger partial charge is 0.0231 e. The predicted octanol–water partition coefficient (Wildman–Crippen LogP) is 9.12. The number of hydrogen-bond acceptors (Lipinski definition) is 1. The summed E-state index contributed by atoms with van der Waals surface area (Å²) in [7, 11) is 0. The Bertz CT molecular complexity index is 567. The summed E-state index contributed by atoms with van der Waals surface area (Å²) in [6.07, 6.45) is 12.9. The minimum atomic E-state index is 0.191. The van der Waals surface area contributed by atoms with Crippen LogP contribution in [-0.4, -0.2) is 12.1 Å².